The molecule has 0 saturated heterocycles. The van der Waals surface area contributed by atoms with E-state index in [2.05, 4.69) is 0 Å². The molecule has 0 aromatic heterocycles. The summed E-state index contributed by atoms with van der Waals surface area (Å²) < 4.78 is 0. The first-order valence-corrected chi connectivity index (χ1v) is 7.77. The van der Waals surface area contributed by atoms with Crippen molar-refractivity contribution in [1.29, 1.82) is 0 Å². The summed E-state index contributed by atoms with van der Waals surface area (Å²) in [6.45, 7) is 0.492. The lowest BCUT2D eigenvalue weighted by Gasteiger charge is -2.29. The van der Waals surface area contributed by atoms with E-state index in [1.54, 1.807) is 23.1 Å². The van der Waals surface area contributed by atoms with Crippen molar-refractivity contribution < 1.29 is 9.72 Å². The van der Waals surface area contributed by atoms with Crippen molar-refractivity contribution in [3.05, 3.63) is 67.7 Å². The number of carbonyl (C=O) groups excluding carboxylic acids is 1. The van der Waals surface area contributed by atoms with Crippen molar-refractivity contribution in [2.24, 2.45) is 0 Å². The van der Waals surface area contributed by atoms with E-state index < -0.39 is 4.92 Å². The Balaban J connectivity index is 2.03. The minimum atomic E-state index is -0.465. The molecular formula is C16H12Cl2N2O3. The number of fused-ring (bicyclic) bond motifs is 1. The van der Waals surface area contributed by atoms with Crippen LogP contribution in [0.1, 0.15) is 22.3 Å². The number of nitro groups is 1. The van der Waals surface area contributed by atoms with Gasteiger partial charge >= 0.3 is 0 Å². The van der Waals surface area contributed by atoms with Crippen molar-refractivity contribution in [3.63, 3.8) is 0 Å². The number of anilines is 1. The molecule has 118 valence electrons. The zero-order chi connectivity index (χ0) is 16.6. The number of carbonyl (C=O) groups is 1. The van der Waals surface area contributed by atoms with Gasteiger partial charge in [0, 0.05) is 23.7 Å². The number of nitro benzene ring substituents is 1. The van der Waals surface area contributed by atoms with E-state index >= 15 is 0 Å². The Morgan fingerprint density at radius 1 is 1.17 bits per heavy atom. The predicted octanol–water partition coefficient (Wildman–Crippen LogP) is 4.49. The van der Waals surface area contributed by atoms with Crippen LogP contribution in [0.4, 0.5) is 11.4 Å². The van der Waals surface area contributed by atoms with E-state index in [0.29, 0.717) is 22.8 Å². The normalized spacial score (nSPS) is 13.6. The lowest BCUT2D eigenvalue weighted by Crippen LogP contribution is -2.35. The summed E-state index contributed by atoms with van der Waals surface area (Å²) in [6, 6.07) is 9.28. The Hall–Kier alpha value is -2.11. The first kappa shape index (κ1) is 15.8. The molecule has 0 spiro atoms. The second kappa shape index (κ2) is 6.18. The van der Waals surface area contributed by atoms with Gasteiger partial charge in [-0.15, -0.1) is 0 Å². The Morgan fingerprint density at radius 3 is 2.65 bits per heavy atom. The highest BCUT2D eigenvalue weighted by molar-refractivity contribution is 6.37. The molecule has 0 unspecified atom stereocenters. The lowest BCUT2D eigenvalue weighted by atomic mass is 10.00. The van der Waals surface area contributed by atoms with Gasteiger partial charge in [-0.2, -0.15) is 0 Å². The third-order valence-corrected chi connectivity index (χ3v) is 4.35. The zero-order valence-electron chi connectivity index (χ0n) is 12.0. The summed E-state index contributed by atoms with van der Waals surface area (Å²) in [4.78, 5) is 24.9. The second-order valence-corrected chi connectivity index (χ2v) is 6.10. The van der Waals surface area contributed by atoms with Crippen LogP contribution in [0.5, 0.6) is 0 Å². The van der Waals surface area contributed by atoms with E-state index in [9.17, 15) is 14.9 Å². The van der Waals surface area contributed by atoms with Gasteiger partial charge < -0.3 is 4.90 Å². The predicted molar refractivity (Wildman–Crippen MR) is 89.6 cm³/mol. The number of non-ortho nitro benzene ring substituents is 1. The summed E-state index contributed by atoms with van der Waals surface area (Å²) in [7, 11) is 0. The topological polar surface area (TPSA) is 63.5 Å². The van der Waals surface area contributed by atoms with Crippen molar-refractivity contribution in [2.45, 2.75) is 12.8 Å². The number of aryl methyl sites for hydroxylation is 1. The summed E-state index contributed by atoms with van der Waals surface area (Å²) in [6.07, 6.45) is 1.58. The highest BCUT2D eigenvalue weighted by Crippen LogP contribution is 2.33. The molecule has 2 aromatic rings. The van der Waals surface area contributed by atoms with Crippen LogP contribution in [0.25, 0.3) is 0 Å². The van der Waals surface area contributed by atoms with E-state index in [-0.39, 0.29) is 16.6 Å². The Bertz CT molecular complexity index is 808. The molecule has 1 amide bonds. The minimum absolute atomic E-state index is 0.0364. The molecule has 7 heteroatoms. The van der Waals surface area contributed by atoms with Gasteiger partial charge in [0.2, 0.25) is 0 Å². The number of rotatable bonds is 2. The maximum Gasteiger partial charge on any atom is 0.271 e. The van der Waals surface area contributed by atoms with Crippen molar-refractivity contribution in [2.75, 3.05) is 11.4 Å². The summed E-state index contributed by atoms with van der Waals surface area (Å²) >= 11 is 12.0. The molecule has 0 radical (unpaired) electrons. The van der Waals surface area contributed by atoms with Gasteiger partial charge in [-0.1, -0.05) is 29.3 Å². The van der Waals surface area contributed by atoms with Gasteiger partial charge in [0.15, 0.2) is 0 Å². The van der Waals surface area contributed by atoms with Crippen LogP contribution in [-0.4, -0.2) is 17.4 Å². The molecule has 0 aliphatic carbocycles. The van der Waals surface area contributed by atoms with Crippen molar-refractivity contribution in [3.8, 4) is 0 Å². The highest BCUT2D eigenvalue weighted by Gasteiger charge is 2.26. The summed E-state index contributed by atoms with van der Waals surface area (Å²) in [5, 5.41) is 11.7. The van der Waals surface area contributed by atoms with Gasteiger partial charge in [0.25, 0.3) is 11.6 Å². The van der Waals surface area contributed by atoms with Gasteiger partial charge in [0.1, 0.15) is 0 Å². The van der Waals surface area contributed by atoms with Gasteiger partial charge in [0.05, 0.1) is 21.2 Å². The highest BCUT2D eigenvalue weighted by atomic mass is 35.5. The molecule has 2 aromatic carbocycles. The van der Waals surface area contributed by atoms with E-state index in [1.165, 1.54) is 18.2 Å². The van der Waals surface area contributed by atoms with Crippen LogP contribution < -0.4 is 4.90 Å². The second-order valence-electron chi connectivity index (χ2n) is 5.25. The Labute approximate surface area is 142 Å². The zero-order valence-corrected chi connectivity index (χ0v) is 13.5. The van der Waals surface area contributed by atoms with Crippen molar-refractivity contribution in [1.82, 2.24) is 0 Å². The molecule has 3 rings (SSSR count). The molecule has 23 heavy (non-hydrogen) atoms. The Morgan fingerprint density at radius 2 is 1.96 bits per heavy atom. The van der Waals surface area contributed by atoms with Gasteiger partial charge in [-0.05, 0) is 36.6 Å². The third-order valence-electron chi connectivity index (χ3n) is 3.81. The van der Waals surface area contributed by atoms with Crippen LogP contribution in [0, 0.1) is 10.1 Å². The van der Waals surface area contributed by atoms with Crippen LogP contribution in [0.3, 0.4) is 0 Å². The standard InChI is InChI=1S/C16H12Cl2N2O3/c17-11-4-6-13(14(18)8-11)16(21)19-7-1-2-10-3-5-12(20(22)23)9-15(10)19/h3-6,8-9H,1-2,7H2. The van der Waals surface area contributed by atoms with Crippen LogP contribution >= 0.6 is 23.2 Å². The molecule has 0 saturated carbocycles. The summed E-state index contributed by atoms with van der Waals surface area (Å²) in [5.41, 5.74) is 1.78. The third kappa shape index (κ3) is 3.02. The molecule has 0 bridgehead atoms. The molecule has 5 nitrogen and oxygen atoms in total. The molecule has 1 aliphatic heterocycles. The SMILES string of the molecule is O=C(c1ccc(Cl)cc1Cl)N1CCCc2ccc([N+](=O)[O-])cc21. The number of amides is 1. The maximum atomic E-state index is 12.8. The number of hydrogen-bond acceptors (Lipinski definition) is 3. The smallest absolute Gasteiger partial charge is 0.271 e. The molecule has 1 heterocycles. The average Bonchev–Trinajstić information content (AvgIpc) is 2.53. The van der Waals surface area contributed by atoms with Crippen molar-refractivity contribution >= 4 is 40.5 Å². The van der Waals surface area contributed by atoms with Crippen LogP contribution in [0.15, 0.2) is 36.4 Å². The molecule has 0 atom stereocenters. The fraction of sp³-hybridized carbons (Fsp3) is 0.188. The minimum Gasteiger partial charge on any atom is -0.308 e. The van der Waals surface area contributed by atoms with E-state index in [0.717, 1.165) is 18.4 Å². The number of benzene rings is 2. The molecule has 0 fully saturated rings. The fourth-order valence-corrected chi connectivity index (χ4v) is 3.19. The first-order valence-electron chi connectivity index (χ1n) is 7.01. The van der Waals surface area contributed by atoms with Gasteiger partial charge in [-0.25, -0.2) is 0 Å². The van der Waals surface area contributed by atoms with Gasteiger partial charge in [-0.3, -0.25) is 14.9 Å². The summed E-state index contributed by atoms with van der Waals surface area (Å²) in [5.74, 6) is -0.284. The average molecular weight is 351 g/mol. The number of halogens is 2. The van der Waals surface area contributed by atoms with Crippen LogP contribution in [-0.2, 0) is 6.42 Å². The lowest BCUT2D eigenvalue weighted by molar-refractivity contribution is -0.384. The fourth-order valence-electron chi connectivity index (χ4n) is 2.70. The van der Waals surface area contributed by atoms with E-state index in [1.807, 2.05) is 0 Å². The first-order chi connectivity index (χ1) is 11.0. The molecule has 1 aliphatic rings. The number of hydrogen-bond donors (Lipinski definition) is 0. The maximum absolute atomic E-state index is 12.8. The quantitative estimate of drug-likeness (QED) is 0.591. The van der Waals surface area contributed by atoms with Crippen LogP contribution in [0.2, 0.25) is 10.0 Å². The number of nitrogens with zero attached hydrogens (tertiary/aromatic N) is 2. The molecular weight excluding hydrogens is 339 g/mol. The van der Waals surface area contributed by atoms with E-state index in [4.69, 9.17) is 23.2 Å². The Kier molecular flexibility index (Phi) is 4.24. The largest absolute Gasteiger partial charge is 0.308 e. The monoisotopic (exact) mass is 350 g/mol. The molecule has 0 N–H and O–H groups in total.